The van der Waals surface area contributed by atoms with Crippen molar-refractivity contribution in [1.29, 1.82) is 0 Å². The zero-order chi connectivity index (χ0) is 15.2. The second-order valence-corrected chi connectivity index (χ2v) is 6.02. The summed E-state index contributed by atoms with van der Waals surface area (Å²) in [5.74, 6) is 0. The van der Waals surface area contributed by atoms with Crippen LogP contribution in [0.15, 0.2) is 30.6 Å². The molecule has 0 saturated carbocycles. The van der Waals surface area contributed by atoms with Gasteiger partial charge in [-0.25, -0.2) is 0 Å². The summed E-state index contributed by atoms with van der Waals surface area (Å²) in [7, 11) is 1.97. The van der Waals surface area contributed by atoms with Crippen molar-refractivity contribution in [3.05, 3.63) is 52.8 Å². The number of aromatic nitrogens is 2. The van der Waals surface area contributed by atoms with E-state index in [0.29, 0.717) is 6.04 Å². The fourth-order valence-electron chi connectivity index (χ4n) is 2.98. The maximum absolute atomic E-state index is 4.24. The van der Waals surface area contributed by atoms with Crippen LogP contribution in [0.4, 0.5) is 0 Å². The largest absolute Gasteiger partial charge is 0.314 e. The van der Waals surface area contributed by atoms with Crippen molar-refractivity contribution in [3.63, 3.8) is 0 Å². The molecule has 3 nitrogen and oxygen atoms in total. The number of hydrogen-bond acceptors (Lipinski definition) is 2. The van der Waals surface area contributed by atoms with Gasteiger partial charge in [-0.05, 0) is 50.8 Å². The van der Waals surface area contributed by atoms with Crippen LogP contribution in [0.25, 0.3) is 0 Å². The number of aryl methyl sites for hydroxylation is 4. The summed E-state index contributed by atoms with van der Waals surface area (Å²) in [6.45, 7) is 7.55. The monoisotopic (exact) mass is 285 g/mol. The standard InChI is InChI=1S/C18H27N3/c1-5-19-18(7-6-16-12-20-21(4)13-16)11-17-9-14(2)8-15(3)10-17/h8-10,12-13,18-19H,5-7,11H2,1-4H3. The van der Waals surface area contributed by atoms with Gasteiger partial charge in [0.05, 0.1) is 6.20 Å². The summed E-state index contributed by atoms with van der Waals surface area (Å²) in [6.07, 6.45) is 7.40. The predicted octanol–water partition coefficient (Wildman–Crippen LogP) is 3.19. The smallest absolute Gasteiger partial charge is 0.0521 e. The van der Waals surface area contributed by atoms with Crippen LogP contribution in [0.5, 0.6) is 0 Å². The molecule has 0 amide bonds. The molecule has 0 aliphatic rings. The van der Waals surface area contributed by atoms with E-state index in [1.165, 1.54) is 22.3 Å². The maximum Gasteiger partial charge on any atom is 0.0521 e. The Balaban J connectivity index is 1.97. The molecule has 114 valence electrons. The maximum atomic E-state index is 4.24. The fourth-order valence-corrected chi connectivity index (χ4v) is 2.98. The van der Waals surface area contributed by atoms with Crippen LogP contribution in [0.2, 0.25) is 0 Å². The number of rotatable bonds is 7. The molecule has 1 atom stereocenters. The van der Waals surface area contributed by atoms with Gasteiger partial charge in [0.25, 0.3) is 0 Å². The predicted molar refractivity (Wildman–Crippen MR) is 88.6 cm³/mol. The second-order valence-electron chi connectivity index (χ2n) is 6.02. The van der Waals surface area contributed by atoms with E-state index in [1.54, 1.807) is 0 Å². The summed E-state index contributed by atoms with van der Waals surface area (Å²) in [5.41, 5.74) is 5.46. The Kier molecular flexibility index (Phi) is 5.57. The van der Waals surface area contributed by atoms with Crippen molar-refractivity contribution in [2.45, 2.75) is 46.1 Å². The van der Waals surface area contributed by atoms with Crippen molar-refractivity contribution in [3.8, 4) is 0 Å². The van der Waals surface area contributed by atoms with Crippen LogP contribution < -0.4 is 5.32 Å². The summed E-state index contributed by atoms with van der Waals surface area (Å²) >= 11 is 0. The Hall–Kier alpha value is -1.61. The molecular formula is C18H27N3. The molecular weight excluding hydrogens is 258 g/mol. The zero-order valence-corrected chi connectivity index (χ0v) is 13.7. The van der Waals surface area contributed by atoms with Crippen LogP contribution in [0, 0.1) is 13.8 Å². The Morgan fingerprint density at radius 1 is 1.14 bits per heavy atom. The molecule has 1 N–H and O–H groups in total. The molecule has 21 heavy (non-hydrogen) atoms. The first-order valence-corrected chi connectivity index (χ1v) is 7.85. The zero-order valence-electron chi connectivity index (χ0n) is 13.7. The van der Waals surface area contributed by atoms with E-state index >= 15 is 0 Å². The molecule has 0 aliphatic heterocycles. The lowest BCUT2D eigenvalue weighted by atomic mass is 9.97. The van der Waals surface area contributed by atoms with E-state index in [-0.39, 0.29) is 0 Å². The first-order valence-electron chi connectivity index (χ1n) is 7.85. The van der Waals surface area contributed by atoms with E-state index < -0.39 is 0 Å². The van der Waals surface area contributed by atoms with Crippen molar-refractivity contribution in [2.24, 2.45) is 7.05 Å². The summed E-state index contributed by atoms with van der Waals surface area (Å²) < 4.78 is 1.88. The Bertz CT molecular complexity index is 551. The Labute approximate surface area is 128 Å². The van der Waals surface area contributed by atoms with Gasteiger partial charge in [0.15, 0.2) is 0 Å². The number of nitrogens with one attached hydrogen (secondary N) is 1. The first-order chi connectivity index (χ1) is 10.1. The average Bonchev–Trinajstić information content (AvgIpc) is 2.81. The van der Waals surface area contributed by atoms with Crippen molar-refractivity contribution >= 4 is 0 Å². The van der Waals surface area contributed by atoms with Gasteiger partial charge in [0, 0.05) is 19.3 Å². The van der Waals surface area contributed by atoms with E-state index in [0.717, 1.165) is 25.8 Å². The fraction of sp³-hybridized carbons (Fsp3) is 0.500. The topological polar surface area (TPSA) is 29.9 Å². The van der Waals surface area contributed by atoms with Crippen molar-refractivity contribution < 1.29 is 0 Å². The molecule has 2 rings (SSSR count). The van der Waals surface area contributed by atoms with Crippen molar-refractivity contribution in [2.75, 3.05) is 6.54 Å². The second kappa shape index (κ2) is 7.41. The van der Waals surface area contributed by atoms with E-state index in [2.05, 4.69) is 55.6 Å². The highest BCUT2D eigenvalue weighted by atomic mass is 15.2. The van der Waals surface area contributed by atoms with E-state index in [1.807, 2.05) is 17.9 Å². The van der Waals surface area contributed by atoms with Crippen LogP contribution in [0.1, 0.15) is 35.6 Å². The van der Waals surface area contributed by atoms with Gasteiger partial charge < -0.3 is 5.32 Å². The highest BCUT2D eigenvalue weighted by Crippen LogP contribution is 2.13. The molecule has 1 aromatic carbocycles. The van der Waals surface area contributed by atoms with E-state index in [4.69, 9.17) is 0 Å². The van der Waals surface area contributed by atoms with Crippen LogP contribution >= 0.6 is 0 Å². The summed E-state index contributed by atoms with van der Waals surface area (Å²) in [5, 5.41) is 7.86. The molecule has 0 saturated heterocycles. The van der Waals surface area contributed by atoms with Gasteiger partial charge in [-0.3, -0.25) is 4.68 Å². The van der Waals surface area contributed by atoms with Gasteiger partial charge in [-0.1, -0.05) is 36.2 Å². The number of likely N-dealkylation sites (N-methyl/N-ethyl adjacent to an activating group) is 1. The highest BCUT2D eigenvalue weighted by Gasteiger charge is 2.10. The highest BCUT2D eigenvalue weighted by molar-refractivity contribution is 5.29. The molecule has 1 aromatic heterocycles. The molecule has 0 aliphatic carbocycles. The minimum atomic E-state index is 0.524. The molecule has 0 spiro atoms. The third-order valence-corrected chi connectivity index (χ3v) is 3.80. The van der Waals surface area contributed by atoms with Crippen LogP contribution in [-0.4, -0.2) is 22.4 Å². The summed E-state index contributed by atoms with van der Waals surface area (Å²) in [6, 6.07) is 7.38. The molecule has 2 aromatic rings. The van der Waals surface area contributed by atoms with Crippen LogP contribution in [0.3, 0.4) is 0 Å². The SMILES string of the molecule is CCNC(CCc1cnn(C)c1)Cc1cc(C)cc(C)c1. The minimum Gasteiger partial charge on any atom is -0.314 e. The lowest BCUT2D eigenvalue weighted by Crippen LogP contribution is -2.31. The number of nitrogens with zero attached hydrogens (tertiary/aromatic N) is 2. The third-order valence-electron chi connectivity index (χ3n) is 3.80. The van der Waals surface area contributed by atoms with Gasteiger partial charge in [-0.15, -0.1) is 0 Å². The quantitative estimate of drug-likeness (QED) is 0.846. The molecule has 1 unspecified atom stereocenters. The van der Waals surface area contributed by atoms with E-state index in [9.17, 15) is 0 Å². The molecule has 0 bridgehead atoms. The Morgan fingerprint density at radius 2 is 1.86 bits per heavy atom. The Morgan fingerprint density at radius 3 is 2.43 bits per heavy atom. The third kappa shape index (κ3) is 5.01. The molecule has 0 radical (unpaired) electrons. The normalized spacial score (nSPS) is 12.6. The molecule has 3 heteroatoms. The van der Waals surface area contributed by atoms with Crippen LogP contribution in [-0.2, 0) is 19.9 Å². The van der Waals surface area contributed by atoms with Crippen molar-refractivity contribution in [1.82, 2.24) is 15.1 Å². The average molecular weight is 285 g/mol. The first kappa shape index (κ1) is 15.8. The lowest BCUT2D eigenvalue weighted by Gasteiger charge is -2.18. The molecule has 0 fully saturated rings. The summed E-state index contributed by atoms with van der Waals surface area (Å²) in [4.78, 5) is 0. The minimum absolute atomic E-state index is 0.524. The number of benzene rings is 1. The van der Waals surface area contributed by atoms with Gasteiger partial charge in [0.2, 0.25) is 0 Å². The van der Waals surface area contributed by atoms with Gasteiger partial charge >= 0.3 is 0 Å². The lowest BCUT2D eigenvalue weighted by molar-refractivity contribution is 0.491. The number of hydrogen-bond donors (Lipinski definition) is 1. The van der Waals surface area contributed by atoms with Gasteiger partial charge in [0.1, 0.15) is 0 Å². The molecule has 1 heterocycles. The van der Waals surface area contributed by atoms with Gasteiger partial charge in [-0.2, -0.15) is 5.10 Å².